The number of hydrogen-bond donors (Lipinski definition) is 0. The van der Waals surface area contributed by atoms with Gasteiger partial charge < -0.3 is 4.74 Å². The first-order chi connectivity index (χ1) is 9.15. The molecule has 0 spiro atoms. The van der Waals surface area contributed by atoms with E-state index >= 15 is 0 Å². The summed E-state index contributed by atoms with van der Waals surface area (Å²) >= 11 is 0. The van der Waals surface area contributed by atoms with Crippen LogP contribution in [0.4, 0.5) is 5.69 Å². The minimum absolute atomic E-state index is 0.0314. The summed E-state index contributed by atoms with van der Waals surface area (Å²) in [6.45, 7) is 2.55. The lowest BCUT2D eigenvalue weighted by Crippen LogP contribution is -2.06. The van der Waals surface area contributed by atoms with Gasteiger partial charge in [-0.05, 0) is 18.6 Å². The van der Waals surface area contributed by atoms with Crippen molar-refractivity contribution in [2.45, 2.75) is 39.0 Å². The molecule has 0 aliphatic rings. The molecule has 1 aromatic rings. The van der Waals surface area contributed by atoms with Crippen LogP contribution in [0.5, 0.6) is 0 Å². The average Bonchev–Trinajstić information content (AvgIpc) is 2.42. The lowest BCUT2D eigenvalue weighted by molar-refractivity contribution is -0.384. The van der Waals surface area contributed by atoms with Crippen LogP contribution in [0.3, 0.4) is 0 Å². The second-order valence-corrected chi connectivity index (χ2v) is 4.35. The summed E-state index contributed by atoms with van der Waals surface area (Å²) in [5.41, 5.74) is 0.315. The van der Waals surface area contributed by atoms with E-state index in [1.807, 2.05) is 0 Å². The predicted molar refractivity (Wildman–Crippen MR) is 72.1 cm³/mol. The molecule has 0 aliphatic heterocycles. The molecule has 0 radical (unpaired) electrons. The van der Waals surface area contributed by atoms with Gasteiger partial charge in [0.25, 0.3) is 5.69 Å². The van der Waals surface area contributed by atoms with Gasteiger partial charge in [0.2, 0.25) is 0 Å². The summed E-state index contributed by atoms with van der Waals surface area (Å²) in [4.78, 5) is 21.6. The monoisotopic (exact) mass is 265 g/mol. The number of esters is 1. The van der Waals surface area contributed by atoms with Crippen molar-refractivity contribution in [2.75, 3.05) is 6.61 Å². The van der Waals surface area contributed by atoms with E-state index in [-0.39, 0.29) is 5.69 Å². The number of ether oxygens (including phenoxy) is 1. The molecule has 1 aromatic carbocycles. The molecule has 5 heteroatoms. The molecule has 0 aliphatic carbocycles. The average molecular weight is 265 g/mol. The summed E-state index contributed by atoms with van der Waals surface area (Å²) in [6.07, 6.45) is 5.46. The molecule has 0 amide bonds. The first-order valence-electron chi connectivity index (χ1n) is 6.56. The highest BCUT2D eigenvalue weighted by Gasteiger charge is 2.10. The van der Waals surface area contributed by atoms with Crippen molar-refractivity contribution in [3.05, 3.63) is 39.9 Å². The number of nitro benzene ring substituents is 1. The van der Waals surface area contributed by atoms with E-state index in [2.05, 4.69) is 6.92 Å². The van der Waals surface area contributed by atoms with Gasteiger partial charge in [-0.25, -0.2) is 4.79 Å². The number of benzene rings is 1. The molecule has 1 rings (SSSR count). The van der Waals surface area contributed by atoms with Gasteiger partial charge in [0.1, 0.15) is 0 Å². The fourth-order valence-corrected chi connectivity index (χ4v) is 1.67. The Labute approximate surface area is 112 Å². The number of nitro groups is 1. The standard InChI is InChI=1S/C14H19NO4/c1-2-3-4-5-6-11-19-14(16)12-7-9-13(10-8-12)15(17)18/h7-10H,2-6,11H2,1H3. The number of non-ortho nitro benzene ring substituents is 1. The number of unbranched alkanes of at least 4 members (excludes halogenated alkanes) is 4. The molecule has 0 fully saturated rings. The minimum Gasteiger partial charge on any atom is -0.462 e. The Kier molecular flexibility index (Phi) is 6.57. The zero-order valence-electron chi connectivity index (χ0n) is 11.1. The van der Waals surface area contributed by atoms with Crippen LogP contribution in [0.15, 0.2) is 24.3 Å². The number of hydrogen-bond acceptors (Lipinski definition) is 4. The van der Waals surface area contributed by atoms with Crippen molar-refractivity contribution in [1.29, 1.82) is 0 Å². The Bertz CT molecular complexity index is 414. The molecule has 0 atom stereocenters. The first-order valence-corrected chi connectivity index (χ1v) is 6.56. The summed E-state index contributed by atoms with van der Waals surface area (Å²) in [7, 11) is 0. The molecule has 0 saturated heterocycles. The maximum atomic E-state index is 11.6. The molecule has 0 saturated carbocycles. The van der Waals surface area contributed by atoms with Crippen molar-refractivity contribution >= 4 is 11.7 Å². The van der Waals surface area contributed by atoms with Gasteiger partial charge in [-0.1, -0.05) is 32.6 Å². The van der Waals surface area contributed by atoms with E-state index in [1.54, 1.807) is 0 Å². The summed E-state index contributed by atoms with van der Waals surface area (Å²) < 4.78 is 5.10. The third-order valence-corrected chi connectivity index (χ3v) is 2.79. The van der Waals surface area contributed by atoms with Gasteiger partial charge in [0.15, 0.2) is 0 Å². The van der Waals surface area contributed by atoms with E-state index < -0.39 is 10.9 Å². The van der Waals surface area contributed by atoms with Gasteiger partial charge in [-0.3, -0.25) is 10.1 Å². The lowest BCUT2D eigenvalue weighted by Gasteiger charge is -2.04. The number of carbonyl (C=O) groups is 1. The second kappa shape index (κ2) is 8.24. The highest BCUT2D eigenvalue weighted by molar-refractivity contribution is 5.89. The fraction of sp³-hybridized carbons (Fsp3) is 0.500. The Morgan fingerprint density at radius 3 is 2.37 bits per heavy atom. The van der Waals surface area contributed by atoms with E-state index in [0.29, 0.717) is 12.2 Å². The van der Waals surface area contributed by atoms with Gasteiger partial charge in [0, 0.05) is 12.1 Å². The van der Waals surface area contributed by atoms with Crippen molar-refractivity contribution in [2.24, 2.45) is 0 Å². The van der Waals surface area contributed by atoms with Crippen LogP contribution in [0.1, 0.15) is 49.4 Å². The third kappa shape index (κ3) is 5.50. The summed E-state index contributed by atoms with van der Waals surface area (Å²) in [6, 6.07) is 5.44. The van der Waals surface area contributed by atoms with Crippen molar-refractivity contribution < 1.29 is 14.5 Å². The smallest absolute Gasteiger partial charge is 0.338 e. The molecule has 0 unspecified atom stereocenters. The topological polar surface area (TPSA) is 69.4 Å². The van der Waals surface area contributed by atoms with Crippen LogP contribution in [-0.2, 0) is 4.74 Å². The van der Waals surface area contributed by atoms with Crippen LogP contribution >= 0.6 is 0 Å². The van der Waals surface area contributed by atoms with Crippen LogP contribution in [0.2, 0.25) is 0 Å². The fourth-order valence-electron chi connectivity index (χ4n) is 1.67. The SMILES string of the molecule is CCCCCCCOC(=O)c1ccc([N+](=O)[O-])cc1. The Morgan fingerprint density at radius 1 is 1.16 bits per heavy atom. The molecule has 0 bridgehead atoms. The Balaban J connectivity index is 2.31. The largest absolute Gasteiger partial charge is 0.462 e. The molecular weight excluding hydrogens is 246 g/mol. The molecule has 5 nitrogen and oxygen atoms in total. The van der Waals surface area contributed by atoms with Gasteiger partial charge in [-0.2, -0.15) is 0 Å². The van der Waals surface area contributed by atoms with E-state index in [1.165, 1.54) is 37.1 Å². The molecular formula is C14H19NO4. The van der Waals surface area contributed by atoms with E-state index in [0.717, 1.165) is 19.3 Å². The van der Waals surface area contributed by atoms with Crippen LogP contribution in [0.25, 0.3) is 0 Å². The highest BCUT2D eigenvalue weighted by Crippen LogP contribution is 2.13. The Morgan fingerprint density at radius 2 is 1.79 bits per heavy atom. The highest BCUT2D eigenvalue weighted by atomic mass is 16.6. The van der Waals surface area contributed by atoms with Crippen molar-refractivity contribution in [3.63, 3.8) is 0 Å². The number of nitrogens with zero attached hydrogens (tertiary/aromatic N) is 1. The van der Waals surface area contributed by atoms with Crippen LogP contribution < -0.4 is 0 Å². The quantitative estimate of drug-likeness (QED) is 0.311. The third-order valence-electron chi connectivity index (χ3n) is 2.79. The minimum atomic E-state index is -0.497. The number of rotatable bonds is 8. The van der Waals surface area contributed by atoms with Gasteiger partial charge >= 0.3 is 5.97 Å². The zero-order chi connectivity index (χ0) is 14.1. The maximum absolute atomic E-state index is 11.6. The lowest BCUT2D eigenvalue weighted by atomic mass is 10.2. The predicted octanol–water partition coefficient (Wildman–Crippen LogP) is 3.72. The van der Waals surface area contributed by atoms with Crippen molar-refractivity contribution in [3.8, 4) is 0 Å². The molecule has 104 valence electrons. The second-order valence-electron chi connectivity index (χ2n) is 4.35. The first kappa shape index (κ1) is 15.1. The molecule has 0 heterocycles. The number of carbonyl (C=O) groups excluding carboxylic acids is 1. The summed E-state index contributed by atoms with van der Waals surface area (Å²) in [5.74, 6) is -0.426. The van der Waals surface area contributed by atoms with E-state index in [9.17, 15) is 14.9 Å². The van der Waals surface area contributed by atoms with Gasteiger partial charge in [-0.15, -0.1) is 0 Å². The molecule has 0 aromatic heterocycles. The zero-order valence-corrected chi connectivity index (χ0v) is 11.1. The normalized spacial score (nSPS) is 10.2. The van der Waals surface area contributed by atoms with E-state index in [4.69, 9.17) is 4.74 Å². The molecule has 19 heavy (non-hydrogen) atoms. The van der Waals surface area contributed by atoms with Crippen molar-refractivity contribution in [1.82, 2.24) is 0 Å². The van der Waals surface area contributed by atoms with Gasteiger partial charge in [0.05, 0.1) is 17.1 Å². The van der Waals surface area contributed by atoms with Crippen LogP contribution in [0, 0.1) is 10.1 Å². The maximum Gasteiger partial charge on any atom is 0.338 e. The van der Waals surface area contributed by atoms with Crippen LogP contribution in [-0.4, -0.2) is 17.5 Å². The Hall–Kier alpha value is -1.91. The summed E-state index contributed by atoms with van der Waals surface area (Å²) in [5, 5.41) is 10.5. The molecule has 0 N–H and O–H groups in total.